The third-order valence-corrected chi connectivity index (χ3v) is 3.88. The van der Waals surface area contributed by atoms with Crippen molar-refractivity contribution in [2.24, 2.45) is 5.41 Å². The molecule has 0 radical (unpaired) electrons. The first-order valence-corrected chi connectivity index (χ1v) is 6.31. The molecule has 2 rings (SSSR count). The minimum Gasteiger partial charge on any atom is -0.206 e. The van der Waals surface area contributed by atoms with Crippen LogP contribution < -0.4 is 0 Å². The summed E-state index contributed by atoms with van der Waals surface area (Å²) in [6.45, 7) is 2.84. The van der Waals surface area contributed by atoms with E-state index in [1.807, 2.05) is 49.4 Å². The molecule has 0 nitrogen and oxygen atoms in total. The first kappa shape index (κ1) is 13.0. The lowest BCUT2D eigenvalue weighted by atomic mass is 9.73. The molecule has 0 fully saturated rings. The van der Waals surface area contributed by atoms with Crippen LogP contribution in [-0.2, 0) is 0 Å². The van der Waals surface area contributed by atoms with Gasteiger partial charge in [0.15, 0.2) is 0 Å². The summed E-state index contributed by atoms with van der Waals surface area (Å²) in [7, 11) is 0. The van der Waals surface area contributed by atoms with E-state index < -0.39 is 11.3 Å². The van der Waals surface area contributed by atoms with E-state index in [0.717, 1.165) is 18.1 Å². The molecule has 1 aromatic rings. The van der Waals surface area contributed by atoms with Crippen LogP contribution in [0.1, 0.15) is 32.3 Å². The average Bonchev–Trinajstić information content (AvgIpc) is 2.38. The zero-order valence-electron chi connectivity index (χ0n) is 10.8. The number of halogens is 2. The molecule has 18 heavy (non-hydrogen) atoms. The summed E-state index contributed by atoms with van der Waals surface area (Å²) in [4.78, 5) is 0. The first-order chi connectivity index (χ1) is 8.48. The zero-order chi connectivity index (χ0) is 13.2. The fourth-order valence-corrected chi connectivity index (χ4v) is 2.42. The zero-order valence-corrected chi connectivity index (χ0v) is 10.8. The predicted octanol–water partition coefficient (Wildman–Crippen LogP) is 5.08. The quantitative estimate of drug-likeness (QED) is 0.699. The van der Waals surface area contributed by atoms with Gasteiger partial charge in [0.25, 0.3) is 5.92 Å². The highest BCUT2D eigenvalue weighted by atomic mass is 19.3. The highest BCUT2D eigenvalue weighted by molar-refractivity contribution is 5.75. The van der Waals surface area contributed by atoms with Gasteiger partial charge in [-0.2, -0.15) is 0 Å². The van der Waals surface area contributed by atoms with Crippen LogP contribution in [0.15, 0.2) is 48.6 Å². The molecule has 1 aliphatic carbocycles. The summed E-state index contributed by atoms with van der Waals surface area (Å²) in [5.41, 5.74) is 1.09. The number of hydrogen-bond acceptors (Lipinski definition) is 0. The van der Waals surface area contributed by atoms with Crippen molar-refractivity contribution in [3.63, 3.8) is 0 Å². The van der Waals surface area contributed by atoms with Gasteiger partial charge in [0.2, 0.25) is 0 Å². The second kappa shape index (κ2) is 4.68. The minimum absolute atomic E-state index is 0.397. The normalized spacial score (nSPS) is 23.9. The monoisotopic (exact) mass is 248 g/mol. The van der Waals surface area contributed by atoms with Crippen LogP contribution in [-0.4, -0.2) is 5.92 Å². The maximum atomic E-state index is 13.7. The molecule has 0 heterocycles. The Balaban J connectivity index is 2.26. The molecule has 0 saturated heterocycles. The number of allylic oxidation sites excluding steroid dienone is 4. The average molecular weight is 248 g/mol. The van der Waals surface area contributed by atoms with Crippen molar-refractivity contribution in [1.29, 1.82) is 0 Å². The molecule has 1 atom stereocenters. The molecule has 0 saturated carbocycles. The standard InChI is InChI=1S/C16H18F2/c1-3-16(15(2,17)18)11-9-14(10-12-16)13-7-5-4-6-8-13/h4-11H,3,12H2,1-2H3. The van der Waals surface area contributed by atoms with Crippen LogP contribution in [0.2, 0.25) is 0 Å². The summed E-state index contributed by atoms with van der Waals surface area (Å²) in [6, 6.07) is 9.87. The van der Waals surface area contributed by atoms with Crippen molar-refractivity contribution >= 4 is 5.57 Å². The van der Waals surface area contributed by atoms with Gasteiger partial charge in [-0.15, -0.1) is 0 Å². The highest BCUT2D eigenvalue weighted by Gasteiger charge is 2.46. The van der Waals surface area contributed by atoms with E-state index in [2.05, 4.69) is 0 Å². The second-order valence-corrected chi connectivity index (χ2v) is 4.96. The Morgan fingerprint density at radius 3 is 2.33 bits per heavy atom. The van der Waals surface area contributed by atoms with Crippen molar-refractivity contribution in [3.05, 3.63) is 54.1 Å². The van der Waals surface area contributed by atoms with Gasteiger partial charge in [0.1, 0.15) is 0 Å². The molecule has 0 aromatic heterocycles. The maximum absolute atomic E-state index is 13.7. The lowest BCUT2D eigenvalue weighted by molar-refractivity contribution is -0.0821. The number of benzene rings is 1. The molecule has 2 heteroatoms. The summed E-state index contributed by atoms with van der Waals surface area (Å²) < 4.78 is 27.4. The van der Waals surface area contributed by atoms with E-state index in [-0.39, 0.29) is 0 Å². The van der Waals surface area contributed by atoms with Gasteiger partial charge in [-0.25, -0.2) is 8.78 Å². The van der Waals surface area contributed by atoms with Gasteiger partial charge in [0, 0.05) is 6.92 Å². The molecule has 0 aliphatic heterocycles. The SMILES string of the molecule is CCC1(C(C)(F)F)C=CC(c2ccccc2)=CC1. The largest absolute Gasteiger partial charge is 0.254 e. The van der Waals surface area contributed by atoms with Gasteiger partial charge in [0.05, 0.1) is 5.41 Å². The smallest absolute Gasteiger partial charge is 0.206 e. The van der Waals surface area contributed by atoms with Gasteiger partial charge < -0.3 is 0 Å². The molecule has 1 aromatic carbocycles. The summed E-state index contributed by atoms with van der Waals surface area (Å²) in [5.74, 6) is -2.68. The van der Waals surface area contributed by atoms with E-state index in [4.69, 9.17) is 0 Å². The molecule has 1 unspecified atom stereocenters. The maximum Gasteiger partial charge on any atom is 0.254 e. The van der Waals surface area contributed by atoms with Crippen LogP contribution in [0.5, 0.6) is 0 Å². The molecule has 96 valence electrons. The second-order valence-electron chi connectivity index (χ2n) is 4.96. The predicted molar refractivity (Wildman–Crippen MR) is 71.5 cm³/mol. The fraction of sp³-hybridized carbons (Fsp3) is 0.375. The van der Waals surface area contributed by atoms with Gasteiger partial charge in [-0.1, -0.05) is 55.5 Å². The Hall–Kier alpha value is -1.44. The summed E-state index contributed by atoms with van der Waals surface area (Å²) >= 11 is 0. The van der Waals surface area contributed by atoms with Gasteiger partial charge in [-0.3, -0.25) is 0 Å². The molecule has 1 aliphatic rings. The van der Waals surface area contributed by atoms with Crippen LogP contribution in [0.3, 0.4) is 0 Å². The van der Waals surface area contributed by atoms with E-state index in [1.54, 1.807) is 6.08 Å². The summed E-state index contributed by atoms with van der Waals surface area (Å²) in [6.07, 6.45) is 6.30. The van der Waals surface area contributed by atoms with Crippen molar-refractivity contribution in [3.8, 4) is 0 Å². The molecule has 0 spiro atoms. The van der Waals surface area contributed by atoms with Gasteiger partial charge >= 0.3 is 0 Å². The molecule has 0 bridgehead atoms. The molecule has 0 amide bonds. The Kier molecular flexibility index (Phi) is 3.38. The Morgan fingerprint density at radius 2 is 1.89 bits per heavy atom. The van der Waals surface area contributed by atoms with Crippen molar-refractivity contribution in [2.45, 2.75) is 32.6 Å². The highest BCUT2D eigenvalue weighted by Crippen LogP contribution is 2.47. The Bertz CT molecular complexity index is 466. The fourth-order valence-electron chi connectivity index (χ4n) is 2.42. The Labute approximate surface area is 107 Å². The lowest BCUT2D eigenvalue weighted by Crippen LogP contribution is -2.37. The van der Waals surface area contributed by atoms with E-state index in [9.17, 15) is 8.78 Å². The van der Waals surface area contributed by atoms with E-state index >= 15 is 0 Å². The molecule has 0 N–H and O–H groups in total. The summed E-state index contributed by atoms with van der Waals surface area (Å²) in [5, 5.41) is 0. The lowest BCUT2D eigenvalue weighted by Gasteiger charge is -2.36. The van der Waals surface area contributed by atoms with Crippen LogP contribution >= 0.6 is 0 Å². The topological polar surface area (TPSA) is 0 Å². The molecular weight excluding hydrogens is 230 g/mol. The van der Waals surface area contributed by atoms with Gasteiger partial charge in [-0.05, 0) is 24.0 Å². The number of alkyl halides is 2. The van der Waals surface area contributed by atoms with Crippen LogP contribution in [0.4, 0.5) is 8.78 Å². The molecular formula is C16H18F2. The first-order valence-electron chi connectivity index (χ1n) is 6.31. The number of hydrogen-bond donors (Lipinski definition) is 0. The van der Waals surface area contributed by atoms with Crippen LogP contribution in [0, 0.1) is 5.41 Å². The van der Waals surface area contributed by atoms with E-state index in [1.165, 1.54) is 0 Å². The Morgan fingerprint density at radius 1 is 1.22 bits per heavy atom. The third kappa shape index (κ3) is 2.24. The van der Waals surface area contributed by atoms with Crippen molar-refractivity contribution in [1.82, 2.24) is 0 Å². The van der Waals surface area contributed by atoms with Crippen molar-refractivity contribution in [2.75, 3.05) is 0 Å². The van der Waals surface area contributed by atoms with Crippen LogP contribution in [0.25, 0.3) is 5.57 Å². The van der Waals surface area contributed by atoms with Crippen molar-refractivity contribution < 1.29 is 8.78 Å². The van der Waals surface area contributed by atoms with E-state index in [0.29, 0.717) is 12.8 Å². The third-order valence-electron chi connectivity index (χ3n) is 3.88. The minimum atomic E-state index is -2.68. The number of rotatable bonds is 3.